The standard InChI is InChI=1S/C18H20N2O2.C2H6.CH3.Y/c1-11-4-2-3-5-14(11)15-17(21)16(13-8-9-13)19-20(18(15)22)10-12-6-7-12;1-2;;/h2-5,12-13,21H,6-10H2,1H3;1-2H3;1H3;/q;;-1;. The Morgan fingerprint density at radius 3 is 2.31 bits per heavy atom. The van der Waals surface area contributed by atoms with Gasteiger partial charge in [0, 0.05) is 45.2 Å². The Balaban J connectivity index is 0.000000818. The van der Waals surface area contributed by atoms with Crippen LogP contribution < -0.4 is 5.56 Å². The van der Waals surface area contributed by atoms with Crippen molar-refractivity contribution in [3.8, 4) is 16.9 Å². The molecule has 1 aromatic heterocycles. The minimum Gasteiger partial charge on any atom is -0.505 e. The van der Waals surface area contributed by atoms with Crippen LogP contribution in [0.1, 0.15) is 56.7 Å². The number of nitrogens with zero attached hydrogens (tertiary/aromatic N) is 2. The van der Waals surface area contributed by atoms with E-state index in [1.165, 1.54) is 12.8 Å². The van der Waals surface area contributed by atoms with Gasteiger partial charge in [-0.2, -0.15) is 5.10 Å². The van der Waals surface area contributed by atoms with Gasteiger partial charge in [0.2, 0.25) is 0 Å². The van der Waals surface area contributed by atoms with Crippen LogP contribution in [-0.4, -0.2) is 14.9 Å². The Morgan fingerprint density at radius 2 is 1.77 bits per heavy atom. The van der Waals surface area contributed by atoms with Crippen molar-refractivity contribution in [3.63, 3.8) is 0 Å². The van der Waals surface area contributed by atoms with E-state index < -0.39 is 0 Å². The summed E-state index contributed by atoms with van der Waals surface area (Å²) in [6.45, 7) is 6.65. The normalized spacial score (nSPS) is 15.2. The van der Waals surface area contributed by atoms with E-state index in [1.807, 2.05) is 45.0 Å². The fourth-order valence-corrected chi connectivity index (χ4v) is 2.98. The molecule has 2 fully saturated rings. The summed E-state index contributed by atoms with van der Waals surface area (Å²) in [5.74, 6) is 0.981. The molecule has 1 radical (unpaired) electrons. The first-order valence-electron chi connectivity index (χ1n) is 9.05. The average Bonchev–Trinajstić information content (AvgIpc) is 3.47. The van der Waals surface area contributed by atoms with E-state index in [2.05, 4.69) is 5.10 Å². The Morgan fingerprint density at radius 1 is 1.15 bits per heavy atom. The summed E-state index contributed by atoms with van der Waals surface area (Å²) in [5, 5.41) is 15.1. The Bertz CT molecular complexity index is 793. The zero-order chi connectivity index (χ0) is 17.3. The maximum Gasteiger partial charge on any atom is 0.278 e. The third-order valence-electron chi connectivity index (χ3n) is 4.66. The number of benzene rings is 1. The Kier molecular flexibility index (Phi) is 8.68. The molecule has 5 heteroatoms. The first-order chi connectivity index (χ1) is 11.6. The van der Waals surface area contributed by atoms with Gasteiger partial charge in [-0.3, -0.25) is 4.79 Å². The molecular weight excluding hydrogens is 401 g/mol. The van der Waals surface area contributed by atoms with Crippen molar-refractivity contribution in [2.75, 3.05) is 0 Å². The van der Waals surface area contributed by atoms with Gasteiger partial charge >= 0.3 is 0 Å². The molecule has 0 bridgehead atoms. The van der Waals surface area contributed by atoms with E-state index >= 15 is 0 Å². The van der Waals surface area contributed by atoms with Gasteiger partial charge in [-0.25, -0.2) is 4.68 Å². The van der Waals surface area contributed by atoms with Gasteiger partial charge in [0.15, 0.2) is 5.75 Å². The summed E-state index contributed by atoms with van der Waals surface area (Å²) >= 11 is 0. The molecule has 4 nitrogen and oxygen atoms in total. The van der Waals surface area contributed by atoms with E-state index in [4.69, 9.17) is 0 Å². The zero-order valence-corrected chi connectivity index (χ0v) is 19.2. The van der Waals surface area contributed by atoms with Crippen LogP contribution in [0.5, 0.6) is 5.75 Å². The van der Waals surface area contributed by atoms with Gasteiger partial charge in [-0.05, 0) is 49.7 Å². The quantitative estimate of drug-likeness (QED) is 0.717. The predicted octanol–water partition coefficient (Wildman–Crippen LogP) is 4.69. The third-order valence-corrected chi connectivity index (χ3v) is 4.66. The molecule has 0 atom stereocenters. The molecule has 2 aromatic rings. The van der Waals surface area contributed by atoms with Crippen LogP contribution in [0.15, 0.2) is 29.1 Å². The molecule has 1 N–H and O–H groups in total. The molecule has 26 heavy (non-hydrogen) atoms. The van der Waals surface area contributed by atoms with Crippen molar-refractivity contribution in [2.24, 2.45) is 5.92 Å². The summed E-state index contributed by atoms with van der Waals surface area (Å²) in [5.41, 5.74) is 2.79. The summed E-state index contributed by atoms with van der Waals surface area (Å²) in [6, 6.07) is 7.73. The van der Waals surface area contributed by atoms with Gasteiger partial charge in [0.05, 0.1) is 5.56 Å². The van der Waals surface area contributed by atoms with Crippen molar-refractivity contribution < 1.29 is 37.8 Å². The first kappa shape index (κ1) is 23.0. The summed E-state index contributed by atoms with van der Waals surface area (Å²) < 4.78 is 1.59. The molecular formula is C21H29N2O2Y-. The van der Waals surface area contributed by atoms with Crippen LogP contribution in [0.2, 0.25) is 0 Å². The third kappa shape index (κ3) is 4.83. The average molecular weight is 430 g/mol. The maximum atomic E-state index is 12.8. The topological polar surface area (TPSA) is 55.1 Å². The fraction of sp³-hybridized carbons (Fsp3) is 0.476. The molecule has 1 aromatic carbocycles. The molecule has 0 spiro atoms. The van der Waals surface area contributed by atoms with Crippen LogP contribution in [0.25, 0.3) is 11.1 Å². The molecule has 0 amide bonds. The van der Waals surface area contributed by atoms with E-state index in [-0.39, 0.29) is 51.4 Å². The van der Waals surface area contributed by atoms with Crippen LogP contribution in [0, 0.1) is 20.3 Å². The SMILES string of the molecule is CC.Cc1ccccc1-c1c(O)c(C2CC2)nn(CC2CC2)c1=O.[CH3-].[Y]. The minimum absolute atomic E-state index is 0. The molecule has 2 aliphatic rings. The zero-order valence-electron chi connectivity index (χ0n) is 16.3. The summed E-state index contributed by atoms with van der Waals surface area (Å²) in [7, 11) is 0. The number of hydrogen-bond donors (Lipinski definition) is 1. The number of rotatable bonds is 4. The molecule has 0 saturated heterocycles. The van der Waals surface area contributed by atoms with Crippen LogP contribution >= 0.6 is 0 Å². The van der Waals surface area contributed by atoms with Crippen molar-refractivity contribution in [3.05, 3.63) is 53.3 Å². The smallest absolute Gasteiger partial charge is 0.278 e. The first-order valence-corrected chi connectivity index (χ1v) is 9.05. The van der Waals surface area contributed by atoms with Crippen molar-refractivity contribution in [2.45, 2.75) is 58.9 Å². The number of hydrogen-bond acceptors (Lipinski definition) is 3. The van der Waals surface area contributed by atoms with Crippen molar-refractivity contribution >= 4 is 0 Å². The monoisotopic (exact) mass is 430 g/mol. The second-order valence-electron chi connectivity index (χ2n) is 6.63. The fourth-order valence-electron chi connectivity index (χ4n) is 2.98. The van der Waals surface area contributed by atoms with E-state index in [0.29, 0.717) is 29.6 Å². The molecule has 2 saturated carbocycles. The Labute approximate surface area is 181 Å². The minimum atomic E-state index is -0.164. The van der Waals surface area contributed by atoms with Gasteiger partial charge in [0.1, 0.15) is 5.69 Å². The number of aromatic hydroxyl groups is 1. The van der Waals surface area contributed by atoms with Gasteiger partial charge < -0.3 is 12.5 Å². The van der Waals surface area contributed by atoms with Crippen LogP contribution in [0.3, 0.4) is 0 Å². The molecule has 4 rings (SSSR count). The molecule has 139 valence electrons. The largest absolute Gasteiger partial charge is 0.505 e. The van der Waals surface area contributed by atoms with Crippen LogP contribution in [-0.2, 0) is 39.3 Å². The van der Waals surface area contributed by atoms with Crippen LogP contribution in [0.4, 0.5) is 0 Å². The van der Waals surface area contributed by atoms with Crippen molar-refractivity contribution in [1.29, 1.82) is 0 Å². The van der Waals surface area contributed by atoms with E-state index in [1.54, 1.807) is 4.68 Å². The maximum absolute atomic E-state index is 12.8. The molecule has 1 heterocycles. The predicted molar refractivity (Wildman–Crippen MR) is 103 cm³/mol. The number of aromatic nitrogens is 2. The van der Waals surface area contributed by atoms with E-state index in [0.717, 1.165) is 24.0 Å². The van der Waals surface area contributed by atoms with Gasteiger partial charge in [0.25, 0.3) is 5.56 Å². The molecule has 2 aliphatic carbocycles. The summed E-state index contributed by atoms with van der Waals surface area (Å²) in [6.07, 6.45) is 4.45. The van der Waals surface area contributed by atoms with Crippen molar-refractivity contribution in [1.82, 2.24) is 9.78 Å². The molecule has 0 aliphatic heterocycles. The van der Waals surface area contributed by atoms with Gasteiger partial charge in [-0.1, -0.05) is 38.1 Å². The second kappa shape index (κ2) is 9.80. The molecule has 0 unspecified atom stereocenters. The van der Waals surface area contributed by atoms with E-state index in [9.17, 15) is 9.90 Å². The van der Waals surface area contributed by atoms with Gasteiger partial charge in [-0.15, -0.1) is 0 Å². The number of aryl methyl sites for hydroxylation is 1. The second-order valence-corrected chi connectivity index (χ2v) is 6.63. The Hall–Kier alpha value is -0.996. The summed E-state index contributed by atoms with van der Waals surface area (Å²) in [4.78, 5) is 12.8.